The Labute approximate surface area is 250 Å². The van der Waals surface area contributed by atoms with E-state index in [0.717, 1.165) is 18.2 Å². The van der Waals surface area contributed by atoms with Crippen molar-refractivity contribution in [2.75, 3.05) is 13.2 Å². The van der Waals surface area contributed by atoms with E-state index in [2.05, 4.69) is 0 Å². The highest BCUT2D eigenvalue weighted by Gasteiger charge is 2.52. The first-order valence-electron chi connectivity index (χ1n) is 13.7. The van der Waals surface area contributed by atoms with Crippen LogP contribution in [0.1, 0.15) is 18.9 Å². The molecule has 10 atom stereocenters. The number of benzene rings is 1. The summed E-state index contributed by atoms with van der Waals surface area (Å²) >= 11 is 0. The van der Waals surface area contributed by atoms with Crippen molar-refractivity contribution < 1.29 is 73.8 Å². The van der Waals surface area contributed by atoms with E-state index in [1.165, 1.54) is 37.3 Å². The third kappa shape index (κ3) is 7.76. The smallest absolute Gasteiger partial charge is 0.331 e. The first-order valence-corrected chi connectivity index (χ1v) is 13.7. The van der Waals surface area contributed by atoms with Crippen molar-refractivity contribution in [3.63, 3.8) is 0 Å². The Kier molecular flexibility index (Phi) is 11.0. The molecule has 1 aliphatic carbocycles. The van der Waals surface area contributed by atoms with Crippen LogP contribution in [-0.4, -0.2) is 128 Å². The van der Waals surface area contributed by atoms with Crippen molar-refractivity contribution in [3.05, 3.63) is 53.6 Å². The number of esters is 1. The fraction of sp³-hybridized carbons (Fsp3) is 0.483. The van der Waals surface area contributed by atoms with E-state index in [-0.39, 0.29) is 18.8 Å². The van der Waals surface area contributed by atoms with Crippen LogP contribution in [0, 0.1) is 0 Å². The van der Waals surface area contributed by atoms with E-state index < -0.39 is 91.3 Å². The lowest BCUT2D eigenvalue weighted by Crippen LogP contribution is -2.65. The Morgan fingerprint density at radius 1 is 0.909 bits per heavy atom. The molecule has 7 N–H and O–H groups in total. The zero-order valence-corrected chi connectivity index (χ0v) is 23.4. The third-order valence-corrected chi connectivity index (χ3v) is 7.24. The van der Waals surface area contributed by atoms with Gasteiger partial charge in [0.05, 0.1) is 19.3 Å². The SMILES string of the molecule is C[C@H]1O[C@@H](O[C@@H]2[C@@H](O)[C@H](OCCC3=CC(=O)C(=O)C=C3)O[C@H](CO)[C@H]2OC(=O)/C=C/c2ccc(O)c(O)c2)[C@@H](O)[C@@H](O)[C@@H]1O. The summed E-state index contributed by atoms with van der Waals surface area (Å²) in [6.45, 7) is 0.534. The summed E-state index contributed by atoms with van der Waals surface area (Å²) < 4.78 is 28.1. The number of allylic oxidation sites excluding steroid dienone is 3. The van der Waals surface area contributed by atoms with Crippen LogP contribution in [0.2, 0.25) is 0 Å². The number of ether oxygens (including phenoxy) is 5. The molecule has 0 radical (unpaired) electrons. The third-order valence-electron chi connectivity index (χ3n) is 7.24. The number of hydrogen-bond acceptors (Lipinski definition) is 15. The Morgan fingerprint density at radius 2 is 1.66 bits per heavy atom. The summed E-state index contributed by atoms with van der Waals surface area (Å²) in [4.78, 5) is 35.8. The van der Waals surface area contributed by atoms with Gasteiger partial charge in [-0.15, -0.1) is 0 Å². The number of hydrogen-bond donors (Lipinski definition) is 7. The topological polar surface area (TPSA) is 239 Å². The van der Waals surface area contributed by atoms with Crippen LogP contribution < -0.4 is 0 Å². The molecule has 0 aromatic heterocycles. The predicted molar refractivity (Wildman–Crippen MR) is 145 cm³/mol. The number of rotatable bonds is 10. The molecule has 15 nitrogen and oxygen atoms in total. The summed E-state index contributed by atoms with van der Waals surface area (Å²) in [5.41, 5.74) is 0.804. The molecule has 1 aromatic carbocycles. The van der Waals surface area contributed by atoms with Gasteiger partial charge in [0.1, 0.15) is 36.6 Å². The van der Waals surface area contributed by atoms with Crippen LogP contribution >= 0.6 is 0 Å². The van der Waals surface area contributed by atoms with E-state index in [1.807, 2.05) is 0 Å². The molecule has 0 amide bonds. The van der Waals surface area contributed by atoms with Crippen molar-refractivity contribution in [2.45, 2.75) is 74.8 Å². The zero-order valence-electron chi connectivity index (χ0n) is 23.4. The van der Waals surface area contributed by atoms with Gasteiger partial charge in [-0.25, -0.2) is 4.79 Å². The first kappa shape index (κ1) is 33.4. The fourth-order valence-corrected chi connectivity index (χ4v) is 4.74. The molecule has 1 aromatic rings. The van der Waals surface area contributed by atoms with Gasteiger partial charge in [0.25, 0.3) is 0 Å². The standard InChI is InChI=1S/C29H34O15/c1-13-22(36)23(37)24(38)29(41-13)44-27-25(39)28(40-9-8-15-3-6-17(32)19(34)11-15)42-20(12-30)26(27)43-21(35)7-4-14-2-5-16(31)18(33)10-14/h2-7,10-11,13,20,22-31,33,36-39H,8-9,12H2,1H3/b7-4+/t13-,20-,22-,23+,24+,25-,26-,27-,28-,29+/m1/s1. The maximum Gasteiger partial charge on any atom is 0.331 e. The zero-order chi connectivity index (χ0) is 32.1. The summed E-state index contributed by atoms with van der Waals surface area (Å²) in [5, 5.41) is 71.2. The molecule has 44 heavy (non-hydrogen) atoms. The Hall–Kier alpha value is -3.51. The van der Waals surface area contributed by atoms with Gasteiger partial charge < -0.3 is 59.4 Å². The molecule has 240 valence electrons. The number of aliphatic hydroxyl groups excluding tert-OH is 5. The summed E-state index contributed by atoms with van der Waals surface area (Å²) in [6.07, 6.45) is -9.13. The number of aromatic hydroxyl groups is 2. The number of ketones is 2. The molecule has 3 aliphatic rings. The Morgan fingerprint density at radius 3 is 2.34 bits per heavy atom. The lowest BCUT2D eigenvalue weighted by atomic mass is 9.97. The molecule has 15 heteroatoms. The van der Waals surface area contributed by atoms with Crippen molar-refractivity contribution in [1.82, 2.24) is 0 Å². The monoisotopic (exact) mass is 622 g/mol. The predicted octanol–water partition coefficient (Wildman–Crippen LogP) is -1.65. The van der Waals surface area contributed by atoms with Crippen molar-refractivity contribution in [3.8, 4) is 11.5 Å². The molecule has 0 spiro atoms. The van der Waals surface area contributed by atoms with E-state index in [1.54, 1.807) is 0 Å². The van der Waals surface area contributed by atoms with Crippen LogP contribution in [0.25, 0.3) is 6.08 Å². The van der Waals surface area contributed by atoms with Crippen LogP contribution in [0.15, 0.2) is 48.1 Å². The molecule has 2 heterocycles. The quantitative estimate of drug-likeness (QED) is 0.0509. The highest BCUT2D eigenvalue weighted by atomic mass is 16.7. The van der Waals surface area contributed by atoms with E-state index in [0.29, 0.717) is 11.1 Å². The largest absolute Gasteiger partial charge is 0.504 e. The van der Waals surface area contributed by atoms with E-state index in [4.69, 9.17) is 23.7 Å². The van der Waals surface area contributed by atoms with Crippen molar-refractivity contribution >= 4 is 23.6 Å². The maximum absolute atomic E-state index is 12.8. The molecule has 0 unspecified atom stereocenters. The molecular formula is C29H34O15. The van der Waals surface area contributed by atoms with Crippen molar-refractivity contribution in [1.29, 1.82) is 0 Å². The van der Waals surface area contributed by atoms with Crippen LogP contribution in [-0.2, 0) is 38.1 Å². The summed E-state index contributed by atoms with van der Waals surface area (Å²) in [5.74, 6) is -3.14. The van der Waals surface area contributed by atoms with Gasteiger partial charge >= 0.3 is 5.97 Å². The normalized spacial score (nSPS) is 34.3. The Balaban J connectivity index is 1.52. The van der Waals surface area contributed by atoms with Gasteiger partial charge in [-0.05, 0) is 54.8 Å². The number of phenols is 2. The average molecular weight is 623 g/mol. The minimum atomic E-state index is -1.79. The van der Waals surface area contributed by atoms with E-state index in [9.17, 15) is 50.1 Å². The van der Waals surface area contributed by atoms with Gasteiger partial charge in [0, 0.05) is 6.08 Å². The molecule has 2 saturated heterocycles. The molecule has 4 rings (SSSR count). The second-order valence-corrected chi connectivity index (χ2v) is 10.4. The second-order valence-electron chi connectivity index (χ2n) is 10.4. The molecule has 2 fully saturated rings. The summed E-state index contributed by atoms with van der Waals surface area (Å²) in [7, 11) is 0. The minimum Gasteiger partial charge on any atom is -0.504 e. The highest BCUT2D eigenvalue weighted by molar-refractivity contribution is 6.46. The number of phenolic OH excluding ortho intramolecular Hbond substituents is 2. The lowest BCUT2D eigenvalue weighted by molar-refractivity contribution is -0.357. The average Bonchev–Trinajstić information content (AvgIpc) is 2.99. The number of carbonyl (C=O) groups excluding carboxylic acids is 3. The van der Waals surface area contributed by atoms with Gasteiger partial charge in [-0.2, -0.15) is 0 Å². The van der Waals surface area contributed by atoms with Crippen LogP contribution in [0.3, 0.4) is 0 Å². The number of carbonyl (C=O) groups is 3. The minimum absolute atomic E-state index is 0.124. The van der Waals surface area contributed by atoms with E-state index >= 15 is 0 Å². The summed E-state index contributed by atoms with van der Waals surface area (Å²) in [6, 6.07) is 3.80. The maximum atomic E-state index is 12.8. The van der Waals surface area contributed by atoms with Gasteiger partial charge in [-0.1, -0.05) is 12.1 Å². The van der Waals surface area contributed by atoms with Crippen LogP contribution in [0.5, 0.6) is 11.5 Å². The molecule has 0 bridgehead atoms. The number of aliphatic hydroxyl groups is 5. The second kappa shape index (κ2) is 14.5. The molecule has 2 aliphatic heterocycles. The van der Waals surface area contributed by atoms with Gasteiger partial charge in [0.15, 0.2) is 30.2 Å². The van der Waals surface area contributed by atoms with Gasteiger partial charge in [-0.3, -0.25) is 9.59 Å². The lowest BCUT2D eigenvalue weighted by Gasteiger charge is -2.46. The van der Waals surface area contributed by atoms with Crippen LogP contribution in [0.4, 0.5) is 0 Å². The molecule has 0 saturated carbocycles. The fourth-order valence-electron chi connectivity index (χ4n) is 4.74. The first-order chi connectivity index (χ1) is 20.9. The van der Waals surface area contributed by atoms with Gasteiger partial charge in [0.2, 0.25) is 11.6 Å². The Bertz CT molecular complexity index is 1310. The van der Waals surface area contributed by atoms with Crippen molar-refractivity contribution in [2.24, 2.45) is 0 Å². The molecular weight excluding hydrogens is 588 g/mol. The highest BCUT2D eigenvalue weighted by Crippen LogP contribution is 2.32.